The molecule has 1 heterocycles. The van der Waals surface area contributed by atoms with Crippen LogP contribution in [0.15, 0.2) is 54.6 Å². The van der Waals surface area contributed by atoms with E-state index in [1.54, 1.807) is 7.11 Å². The number of halogens is 1. The summed E-state index contributed by atoms with van der Waals surface area (Å²) in [5, 5.41) is 5.83. The lowest BCUT2D eigenvalue weighted by Gasteiger charge is -2.31. The zero-order valence-electron chi connectivity index (χ0n) is 17.2. The number of ether oxygens (including phenoxy) is 2. The second kappa shape index (κ2) is 8.94. The average Bonchev–Trinajstić information content (AvgIpc) is 2.78. The fraction of sp³-hybridized carbons (Fsp3) is 0.292. The summed E-state index contributed by atoms with van der Waals surface area (Å²) in [6, 6.07) is 17.6. The molecule has 4 rings (SSSR count). The van der Waals surface area contributed by atoms with Crippen LogP contribution in [0.5, 0.6) is 5.75 Å². The molecule has 3 aromatic rings. The molecule has 0 spiro atoms. The Kier molecular flexibility index (Phi) is 6.11. The van der Waals surface area contributed by atoms with E-state index in [9.17, 15) is 4.79 Å². The van der Waals surface area contributed by atoms with Gasteiger partial charge in [-0.05, 0) is 53.6 Å². The molecule has 1 atom stereocenters. The van der Waals surface area contributed by atoms with Crippen molar-refractivity contribution in [3.05, 3.63) is 65.2 Å². The molecule has 0 unspecified atom stereocenters. The van der Waals surface area contributed by atoms with E-state index < -0.39 is 0 Å². The Morgan fingerprint density at radius 2 is 1.80 bits per heavy atom. The van der Waals surface area contributed by atoms with Gasteiger partial charge in [-0.1, -0.05) is 35.9 Å². The molecule has 0 aliphatic carbocycles. The number of nitrogens with zero attached hydrogens (tertiary/aromatic N) is 1. The maximum absolute atomic E-state index is 13.1. The first kappa shape index (κ1) is 20.5. The summed E-state index contributed by atoms with van der Waals surface area (Å²) < 4.78 is 10.7. The van der Waals surface area contributed by atoms with Gasteiger partial charge in [0, 0.05) is 18.1 Å². The molecule has 156 valence electrons. The first-order chi connectivity index (χ1) is 14.5. The first-order valence-corrected chi connectivity index (χ1v) is 10.4. The van der Waals surface area contributed by atoms with E-state index in [-0.39, 0.29) is 11.8 Å². The number of nitrogens with one attached hydrogen (secondary N) is 1. The summed E-state index contributed by atoms with van der Waals surface area (Å²) in [6.45, 7) is 4.84. The van der Waals surface area contributed by atoms with Crippen molar-refractivity contribution >= 4 is 39.7 Å². The summed E-state index contributed by atoms with van der Waals surface area (Å²) in [7, 11) is 1.66. The Morgan fingerprint density at radius 1 is 1.07 bits per heavy atom. The van der Waals surface area contributed by atoms with Crippen LogP contribution in [0.25, 0.3) is 10.8 Å². The van der Waals surface area contributed by atoms with Gasteiger partial charge in [-0.15, -0.1) is 0 Å². The largest absolute Gasteiger partial charge is 0.497 e. The normalized spacial score (nSPS) is 15.1. The highest BCUT2D eigenvalue weighted by Gasteiger charge is 2.20. The summed E-state index contributed by atoms with van der Waals surface area (Å²) in [5.41, 5.74) is 2.65. The monoisotopic (exact) mass is 424 g/mol. The lowest BCUT2D eigenvalue weighted by molar-refractivity contribution is -0.117. The van der Waals surface area contributed by atoms with Crippen LogP contribution in [-0.2, 0) is 9.53 Å². The molecule has 3 aromatic carbocycles. The van der Waals surface area contributed by atoms with E-state index in [0.717, 1.165) is 46.5 Å². The van der Waals surface area contributed by atoms with E-state index >= 15 is 0 Å². The Morgan fingerprint density at radius 3 is 2.57 bits per heavy atom. The van der Waals surface area contributed by atoms with Crippen molar-refractivity contribution in [2.75, 3.05) is 43.6 Å². The number of carbonyl (C=O) groups excluding carboxylic acids is 1. The van der Waals surface area contributed by atoms with Crippen LogP contribution in [0.4, 0.5) is 11.4 Å². The molecule has 6 heteroatoms. The maximum Gasteiger partial charge on any atom is 0.231 e. The van der Waals surface area contributed by atoms with Crippen molar-refractivity contribution in [1.82, 2.24) is 0 Å². The Balaban J connectivity index is 1.56. The number of anilines is 2. The van der Waals surface area contributed by atoms with Crippen LogP contribution >= 0.6 is 11.6 Å². The highest BCUT2D eigenvalue weighted by Crippen LogP contribution is 2.32. The van der Waals surface area contributed by atoms with Gasteiger partial charge in [0.15, 0.2) is 0 Å². The van der Waals surface area contributed by atoms with Gasteiger partial charge < -0.3 is 19.7 Å². The zero-order chi connectivity index (χ0) is 21.1. The summed E-state index contributed by atoms with van der Waals surface area (Å²) >= 11 is 6.22. The lowest BCUT2D eigenvalue weighted by atomic mass is 9.97. The zero-order valence-corrected chi connectivity index (χ0v) is 17.9. The van der Waals surface area contributed by atoms with Crippen LogP contribution in [0.2, 0.25) is 5.02 Å². The molecule has 1 saturated heterocycles. The Bertz CT molecular complexity index is 1060. The van der Waals surface area contributed by atoms with Gasteiger partial charge in [0.05, 0.1) is 37.6 Å². The highest BCUT2D eigenvalue weighted by molar-refractivity contribution is 6.31. The Labute approximate surface area is 181 Å². The molecular formula is C24H25ClN2O3. The summed E-state index contributed by atoms with van der Waals surface area (Å²) in [6.07, 6.45) is 0. The van der Waals surface area contributed by atoms with Gasteiger partial charge in [0.2, 0.25) is 5.91 Å². The van der Waals surface area contributed by atoms with Crippen LogP contribution in [-0.4, -0.2) is 39.3 Å². The fourth-order valence-electron chi connectivity index (χ4n) is 3.72. The van der Waals surface area contributed by atoms with Gasteiger partial charge in [0.1, 0.15) is 5.75 Å². The average molecular weight is 425 g/mol. The molecule has 0 aromatic heterocycles. The van der Waals surface area contributed by atoms with Gasteiger partial charge in [0.25, 0.3) is 0 Å². The van der Waals surface area contributed by atoms with Gasteiger partial charge >= 0.3 is 0 Å². The highest BCUT2D eigenvalue weighted by atomic mass is 35.5. The lowest BCUT2D eigenvalue weighted by Crippen LogP contribution is -2.36. The van der Waals surface area contributed by atoms with E-state index in [0.29, 0.717) is 18.2 Å². The smallest absolute Gasteiger partial charge is 0.231 e. The SMILES string of the molecule is COc1ccc2cc([C@H](C)C(=O)Nc3cc(Cl)ccc3N3CCOCC3)ccc2c1. The number of fused-ring (bicyclic) bond motifs is 1. The number of hydrogen-bond donors (Lipinski definition) is 1. The molecule has 5 nitrogen and oxygen atoms in total. The molecular weight excluding hydrogens is 400 g/mol. The van der Waals surface area contributed by atoms with E-state index in [1.165, 1.54) is 0 Å². The maximum atomic E-state index is 13.1. The standard InChI is InChI=1S/C24H25ClN2O3/c1-16(17-3-4-19-14-21(29-2)7-5-18(19)13-17)24(28)26-22-15-20(25)6-8-23(22)27-9-11-30-12-10-27/h3-8,13-16H,9-12H2,1-2H3,(H,26,28)/t16-/m0/s1. The number of rotatable bonds is 5. The van der Waals surface area contributed by atoms with Gasteiger partial charge in [-0.25, -0.2) is 0 Å². The fourth-order valence-corrected chi connectivity index (χ4v) is 3.89. The Hall–Kier alpha value is -2.76. The molecule has 0 radical (unpaired) electrons. The molecule has 30 heavy (non-hydrogen) atoms. The second-order valence-corrected chi connectivity index (χ2v) is 7.88. The third-order valence-corrected chi connectivity index (χ3v) is 5.77. The number of carbonyl (C=O) groups is 1. The second-order valence-electron chi connectivity index (χ2n) is 7.44. The van der Waals surface area contributed by atoms with E-state index in [1.807, 2.05) is 55.5 Å². The first-order valence-electron chi connectivity index (χ1n) is 10.1. The number of amides is 1. The topological polar surface area (TPSA) is 50.8 Å². The predicted octanol–water partition coefficient (Wildman–Crippen LogP) is 5.08. The molecule has 0 saturated carbocycles. The molecule has 1 amide bonds. The van der Waals surface area contributed by atoms with Crippen molar-refractivity contribution in [3.8, 4) is 5.75 Å². The van der Waals surface area contributed by atoms with Crippen LogP contribution < -0.4 is 15.0 Å². The van der Waals surface area contributed by atoms with Crippen LogP contribution in [0.1, 0.15) is 18.4 Å². The minimum atomic E-state index is -0.312. The minimum Gasteiger partial charge on any atom is -0.497 e. The van der Waals surface area contributed by atoms with Gasteiger partial charge in [-0.3, -0.25) is 4.79 Å². The van der Waals surface area contributed by atoms with Crippen LogP contribution in [0, 0.1) is 0 Å². The summed E-state index contributed by atoms with van der Waals surface area (Å²) in [5.74, 6) is 0.435. The third kappa shape index (κ3) is 4.37. The minimum absolute atomic E-state index is 0.0698. The molecule has 1 N–H and O–H groups in total. The predicted molar refractivity (Wildman–Crippen MR) is 122 cm³/mol. The number of benzene rings is 3. The number of methoxy groups -OCH3 is 1. The third-order valence-electron chi connectivity index (χ3n) is 5.53. The van der Waals surface area contributed by atoms with E-state index in [2.05, 4.69) is 16.3 Å². The molecule has 1 aliphatic heterocycles. The van der Waals surface area contributed by atoms with Crippen molar-refractivity contribution < 1.29 is 14.3 Å². The van der Waals surface area contributed by atoms with Crippen LogP contribution in [0.3, 0.4) is 0 Å². The number of hydrogen-bond acceptors (Lipinski definition) is 4. The van der Waals surface area contributed by atoms with Crippen molar-refractivity contribution in [2.24, 2.45) is 0 Å². The molecule has 1 fully saturated rings. The van der Waals surface area contributed by atoms with Crippen molar-refractivity contribution in [3.63, 3.8) is 0 Å². The number of morpholine rings is 1. The van der Waals surface area contributed by atoms with Crippen molar-refractivity contribution in [1.29, 1.82) is 0 Å². The molecule has 1 aliphatic rings. The van der Waals surface area contributed by atoms with E-state index in [4.69, 9.17) is 21.1 Å². The molecule has 0 bridgehead atoms. The summed E-state index contributed by atoms with van der Waals surface area (Å²) in [4.78, 5) is 15.3. The quantitative estimate of drug-likeness (QED) is 0.620. The van der Waals surface area contributed by atoms with Crippen molar-refractivity contribution in [2.45, 2.75) is 12.8 Å². The van der Waals surface area contributed by atoms with Gasteiger partial charge in [-0.2, -0.15) is 0 Å².